The fraction of sp³-hybridized carbons (Fsp3) is 0.312. The molecule has 1 aliphatic rings. The summed E-state index contributed by atoms with van der Waals surface area (Å²) in [5.74, 6) is -0.333. The van der Waals surface area contributed by atoms with Crippen LogP contribution in [0.25, 0.3) is 22.2 Å². The van der Waals surface area contributed by atoms with Gasteiger partial charge in [0.2, 0.25) is 5.91 Å². The van der Waals surface area contributed by atoms with Gasteiger partial charge in [0.1, 0.15) is 46.1 Å². The molecular formula is C32H32FN3O5. The zero-order chi connectivity index (χ0) is 29.7. The van der Waals surface area contributed by atoms with Crippen LogP contribution in [0.4, 0.5) is 4.39 Å². The van der Waals surface area contributed by atoms with E-state index < -0.39 is 22.7 Å². The van der Waals surface area contributed by atoms with Crippen LogP contribution in [0.15, 0.2) is 48.5 Å². The molecule has 4 aromatic rings. The van der Waals surface area contributed by atoms with Gasteiger partial charge in [-0.25, -0.2) is 14.4 Å². The lowest BCUT2D eigenvalue weighted by Crippen LogP contribution is -2.40. The van der Waals surface area contributed by atoms with Gasteiger partial charge in [0, 0.05) is 34.2 Å². The van der Waals surface area contributed by atoms with Gasteiger partial charge in [-0.2, -0.15) is 0 Å². The number of rotatable bonds is 8. The van der Waals surface area contributed by atoms with Gasteiger partial charge in [0.05, 0.1) is 12.8 Å². The van der Waals surface area contributed by atoms with Gasteiger partial charge >= 0.3 is 0 Å². The number of fused-ring (bicyclic) bond motifs is 2. The molecule has 3 N–H and O–H groups in total. The number of primary amides is 1. The van der Waals surface area contributed by atoms with Crippen molar-refractivity contribution in [3.05, 3.63) is 82.4 Å². The number of carbonyl (C=O) groups is 2. The lowest BCUT2D eigenvalue weighted by Gasteiger charge is -2.26. The molecule has 41 heavy (non-hydrogen) atoms. The smallest absolute Gasteiger partial charge is 0.231 e. The maximum Gasteiger partial charge on any atom is 0.231 e. The highest BCUT2D eigenvalue weighted by Gasteiger charge is 2.45. The molecule has 0 spiro atoms. The first-order valence-corrected chi connectivity index (χ1v) is 13.3. The number of ether oxygens (including phenoxy) is 2. The predicted molar refractivity (Wildman–Crippen MR) is 153 cm³/mol. The van der Waals surface area contributed by atoms with Crippen molar-refractivity contribution in [1.29, 1.82) is 0 Å². The summed E-state index contributed by atoms with van der Waals surface area (Å²) in [5.41, 5.74) is 7.66. The summed E-state index contributed by atoms with van der Waals surface area (Å²) in [6.07, 6.45) is 0.0499. The van der Waals surface area contributed by atoms with E-state index in [0.29, 0.717) is 39.4 Å². The Balaban J connectivity index is 1.50. The Morgan fingerprint density at radius 1 is 1.15 bits per heavy atom. The topological polar surface area (TPSA) is 125 Å². The van der Waals surface area contributed by atoms with Crippen molar-refractivity contribution in [2.24, 2.45) is 5.73 Å². The van der Waals surface area contributed by atoms with Gasteiger partial charge in [-0.15, -0.1) is 0 Å². The third-order valence-corrected chi connectivity index (χ3v) is 7.99. The predicted octanol–water partition coefficient (Wildman–Crippen LogP) is 5.07. The van der Waals surface area contributed by atoms with Crippen molar-refractivity contribution >= 4 is 22.6 Å². The molecule has 0 unspecified atom stereocenters. The zero-order valence-corrected chi connectivity index (χ0v) is 23.7. The summed E-state index contributed by atoms with van der Waals surface area (Å²) in [5, 5.41) is 12.4. The molecule has 1 aliphatic heterocycles. The first-order valence-electron chi connectivity index (χ1n) is 13.3. The lowest BCUT2D eigenvalue weighted by atomic mass is 9.81. The van der Waals surface area contributed by atoms with Crippen LogP contribution in [0.5, 0.6) is 11.5 Å². The van der Waals surface area contributed by atoms with Crippen LogP contribution in [-0.4, -0.2) is 40.5 Å². The molecule has 0 saturated heterocycles. The maximum atomic E-state index is 13.7. The number of amides is 1. The molecule has 0 bridgehead atoms. The van der Waals surface area contributed by atoms with Gasteiger partial charge in [0.25, 0.3) is 0 Å². The first kappa shape index (κ1) is 28.2. The summed E-state index contributed by atoms with van der Waals surface area (Å²) in [4.78, 5) is 35.1. The van der Waals surface area contributed by atoms with E-state index >= 15 is 0 Å². The van der Waals surface area contributed by atoms with E-state index in [4.69, 9.17) is 15.2 Å². The van der Waals surface area contributed by atoms with Crippen LogP contribution in [-0.2, 0) is 15.8 Å². The molecule has 0 fully saturated rings. The molecule has 8 nitrogen and oxygen atoms in total. The fourth-order valence-electron chi connectivity index (χ4n) is 5.07. The van der Waals surface area contributed by atoms with Crippen molar-refractivity contribution in [3.8, 4) is 22.8 Å². The number of methoxy groups -OCH3 is 1. The maximum absolute atomic E-state index is 13.7. The van der Waals surface area contributed by atoms with Crippen molar-refractivity contribution in [3.63, 3.8) is 0 Å². The second-order valence-corrected chi connectivity index (χ2v) is 11.1. The standard InChI is InChI=1S/C32H32FN3O5/c1-17-12-21-13-20(14-25(40-5)27(21)35-18(17)2)24(37)10-11-32(4,39)26-15-23-29(41-16-31(23,3)30(34)38)28(36-26)19-6-8-22(33)9-7-19/h6-9,12-15,39H,10-11,16H2,1-5H3,(H2,34,38)/t31-,32-/m0/s1. The van der Waals surface area contributed by atoms with E-state index in [1.165, 1.54) is 19.2 Å². The lowest BCUT2D eigenvalue weighted by molar-refractivity contribution is -0.123. The van der Waals surface area contributed by atoms with E-state index in [9.17, 15) is 19.1 Å². The number of Topliss-reactive ketones (excluding diaryl/α,β-unsaturated/α-hetero) is 1. The molecule has 2 aromatic carbocycles. The Morgan fingerprint density at radius 2 is 1.85 bits per heavy atom. The van der Waals surface area contributed by atoms with E-state index in [0.717, 1.165) is 16.6 Å². The molecule has 2 aromatic heterocycles. The van der Waals surface area contributed by atoms with E-state index in [-0.39, 0.29) is 30.9 Å². The highest BCUT2D eigenvalue weighted by atomic mass is 19.1. The molecule has 9 heteroatoms. The average Bonchev–Trinajstić information content (AvgIpc) is 3.29. The quantitative estimate of drug-likeness (QED) is 0.290. The monoisotopic (exact) mass is 557 g/mol. The number of ketones is 1. The summed E-state index contributed by atoms with van der Waals surface area (Å²) < 4.78 is 25.1. The summed E-state index contributed by atoms with van der Waals surface area (Å²) >= 11 is 0. The second kappa shape index (κ2) is 10.2. The summed E-state index contributed by atoms with van der Waals surface area (Å²) in [7, 11) is 1.53. The molecule has 1 amide bonds. The molecule has 3 heterocycles. The van der Waals surface area contributed by atoms with Crippen molar-refractivity contribution in [2.75, 3.05) is 13.7 Å². The van der Waals surface area contributed by atoms with Crippen LogP contribution in [0.1, 0.15) is 59.6 Å². The van der Waals surface area contributed by atoms with Crippen molar-refractivity contribution in [2.45, 2.75) is 51.6 Å². The number of carbonyl (C=O) groups excluding carboxylic acids is 2. The Hall–Kier alpha value is -4.37. The Kier molecular flexibility index (Phi) is 7.03. The summed E-state index contributed by atoms with van der Waals surface area (Å²) in [6, 6.07) is 12.7. The van der Waals surface area contributed by atoms with E-state index in [1.807, 2.05) is 19.9 Å². The SMILES string of the molecule is COc1cc(C(=O)CC[C@](C)(O)c2cc3c(c(-c4ccc(F)cc4)n2)OC[C@]3(C)C(N)=O)cc2cc(C)c(C)nc12. The zero-order valence-electron chi connectivity index (χ0n) is 23.7. The number of aromatic nitrogens is 2. The Labute approximate surface area is 237 Å². The van der Waals surface area contributed by atoms with Crippen LogP contribution in [0, 0.1) is 19.7 Å². The molecule has 5 rings (SSSR count). The number of nitrogens with two attached hydrogens (primary N) is 1. The number of hydrogen-bond donors (Lipinski definition) is 2. The van der Waals surface area contributed by atoms with Crippen molar-refractivity contribution in [1.82, 2.24) is 9.97 Å². The van der Waals surface area contributed by atoms with Crippen LogP contribution >= 0.6 is 0 Å². The van der Waals surface area contributed by atoms with Gasteiger partial charge in [-0.05, 0) is 88.2 Å². The molecule has 0 saturated carbocycles. The second-order valence-electron chi connectivity index (χ2n) is 11.1. The number of benzene rings is 2. The highest BCUT2D eigenvalue weighted by Crippen LogP contribution is 2.46. The number of aryl methyl sites for hydroxylation is 2. The number of halogens is 1. The fourth-order valence-corrected chi connectivity index (χ4v) is 5.07. The minimum absolute atomic E-state index is 0.00810. The van der Waals surface area contributed by atoms with Gasteiger partial charge in [0.15, 0.2) is 5.78 Å². The number of hydrogen-bond acceptors (Lipinski definition) is 7. The molecule has 0 aliphatic carbocycles. The number of nitrogens with zero attached hydrogens (tertiary/aromatic N) is 2. The average molecular weight is 558 g/mol. The minimum atomic E-state index is -1.56. The molecular weight excluding hydrogens is 525 g/mol. The van der Waals surface area contributed by atoms with E-state index in [2.05, 4.69) is 9.97 Å². The largest absolute Gasteiger partial charge is 0.494 e. The van der Waals surface area contributed by atoms with Gasteiger partial charge in [-0.3, -0.25) is 9.59 Å². The molecule has 212 valence electrons. The molecule has 2 atom stereocenters. The van der Waals surface area contributed by atoms with Crippen LogP contribution < -0.4 is 15.2 Å². The first-order chi connectivity index (χ1) is 19.3. The molecule has 0 radical (unpaired) electrons. The third-order valence-electron chi connectivity index (χ3n) is 7.99. The van der Waals surface area contributed by atoms with Crippen LogP contribution in [0.3, 0.4) is 0 Å². The number of aliphatic hydroxyl groups is 1. The Morgan fingerprint density at radius 3 is 2.51 bits per heavy atom. The summed E-state index contributed by atoms with van der Waals surface area (Å²) in [6.45, 7) is 7.12. The third kappa shape index (κ3) is 5.02. The number of pyridine rings is 2. The van der Waals surface area contributed by atoms with Crippen molar-refractivity contribution < 1.29 is 28.6 Å². The van der Waals surface area contributed by atoms with Gasteiger partial charge < -0.3 is 20.3 Å². The minimum Gasteiger partial charge on any atom is -0.494 e. The van der Waals surface area contributed by atoms with Crippen LogP contribution in [0.2, 0.25) is 0 Å². The Bertz CT molecular complexity index is 1700. The van der Waals surface area contributed by atoms with E-state index in [1.54, 1.807) is 44.2 Å². The highest BCUT2D eigenvalue weighted by molar-refractivity contribution is 6.01. The normalized spacial score (nSPS) is 17.5. The van der Waals surface area contributed by atoms with Gasteiger partial charge in [-0.1, -0.05) is 0 Å².